The third kappa shape index (κ3) is 9.59. The van der Waals surface area contributed by atoms with Crippen LogP contribution in [-0.2, 0) is 15.6 Å². The number of likely N-dealkylation sites (N-methyl/N-ethyl adjacent to an activating group) is 1. The van der Waals surface area contributed by atoms with E-state index in [1.54, 1.807) is 6.07 Å². The number of benzene rings is 2. The molecule has 0 radical (unpaired) electrons. The van der Waals surface area contributed by atoms with Crippen LogP contribution in [0.5, 0.6) is 5.75 Å². The number of hydrogen-bond donors (Lipinski definition) is 3. The summed E-state index contributed by atoms with van der Waals surface area (Å²) in [4.78, 5) is 13.2. The molecule has 254 valence electrons. The molecule has 0 saturated carbocycles. The molecular weight excluding hydrogens is 654 g/mol. The van der Waals surface area contributed by atoms with Gasteiger partial charge in [-0.2, -0.15) is 5.10 Å². The smallest absolute Gasteiger partial charge is 0.204 e. The minimum atomic E-state index is -4.19. The van der Waals surface area contributed by atoms with Crippen LogP contribution < -0.4 is 20.3 Å². The van der Waals surface area contributed by atoms with E-state index >= 15 is 4.39 Å². The highest BCUT2D eigenvalue weighted by molar-refractivity contribution is 7.99. The van der Waals surface area contributed by atoms with Gasteiger partial charge in [-0.1, -0.05) is 19.1 Å². The summed E-state index contributed by atoms with van der Waals surface area (Å²) in [7, 11) is 1.34. The Morgan fingerprint density at radius 1 is 1.00 bits per heavy atom. The lowest BCUT2D eigenvalue weighted by Crippen LogP contribution is -2.36. The average Bonchev–Trinajstić information content (AvgIpc) is 3.43. The molecule has 2 aromatic heterocycles. The number of rotatable bonds is 17. The van der Waals surface area contributed by atoms with Crippen LogP contribution in [0.3, 0.4) is 0 Å². The van der Waals surface area contributed by atoms with E-state index in [0.29, 0.717) is 42.8 Å². The van der Waals surface area contributed by atoms with Crippen molar-refractivity contribution in [1.29, 1.82) is 0 Å². The Bertz CT molecular complexity index is 1770. The van der Waals surface area contributed by atoms with E-state index in [1.807, 2.05) is 21.0 Å². The summed E-state index contributed by atoms with van der Waals surface area (Å²) >= 11 is 0.903. The minimum absolute atomic E-state index is 0.0611. The standard InChI is InChI=1S/C31H39F3N8O3S2/c1-6-14-42(16-13-35-12-15-41(3)4)30-28(45-5)29(36-26-17-20(2)39-40-26)37-31(38-30)46-25-11-10-22(18-24(25)33)47(43,44)19-21-8-7-9-23(32)27(21)34/h7-11,17-18,35H,6,12-16,19H2,1-5H3,(H2,36,37,38,39,40). The van der Waals surface area contributed by atoms with E-state index in [9.17, 15) is 17.2 Å². The number of aromatic nitrogens is 4. The zero-order valence-corrected chi connectivity index (χ0v) is 28.5. The van der Waals surface area contributed by atoms with Crippen LogP contribution in [0.4, 0.5) is 30.6 Å². The van der Waals surface area contributed by atoms with Crippen molar-refractivity contribution in [3.05, 3.63) is 71.2 Å². The van der Waals surface area contributed by atoms with Crippen molar-refractivity contribution in [1.82, 2.24) is 30.4 Å². The van der Waals surface area contributed by atoms with Gasteiger partial charge < -0.3 is 25.2 Å². The van der Waals surface area contributed by atoms with Gasteiger partial charge >= 0.3 is 0 Å². The Labute approximate surface area is 277 Å². The number of nitrogens with zero attached hydrogens (tertiary/aromatic N) is 5. The molecule has 0 unspecified atom stereocenters. The van der Waals surface area contributed by atoms with E-state index in [4.69, 9.17) is 9.72 Å². The zero-order chi connectivity index (χ0) is 34.1. The predicted molar refractivity (Wildman–Crippen MR) is 177 cm³/mol. The molecule has 0 aliphatic carbocycles. The first kappa shape index (κ1) is 36.0. The largest absolute Gasteiger partial charge is 0.490 e. The van der Waals surface area contributed by atoms with Crippen molar-refractivity contribution in [2.75, 3.05) is 64.1 Å². The van der Waals surface area contributed by atoms with Crippen molar-refractivity contribution in [2.24, 2.45) is 0 Å². The lowest BCUT2D eigenvalue weighted by atomic mass is 10.2. The number of hydrogen-bond acceptors (Lipinski definition) is 11. The van der Waals surface area contributed by atoms with E-state index in [0.717, 1.165) is 49.1 Å². The number of nitrogens with one attached hydrogen (secondary N) is 3. The van der Waals surface area contributed by atoms with Crippen molar-refractivity contribution in [2.45, 2.75) is 41.0 Å². The van der Waals surface area contributed by atoms with Crippen molar-refractivity contribution in [3.8, 4) is 5.75 Å². The second kappa shape index (κ2) is 16.3. The topological polar surface area (TPSA) is 128 Å². The summed E-state index contributed by atoms with van der Waals surface area (Å²) in [5, 5.41) is 13.9. The Morgan fingerprint density at radius 3 is 2.43 bits per heavy atom. The lowest BCUT2D eigenvalue weighted by Gasteiger charge is -2.26. The molecule has 4 aromatic rings. The quantitative estimate of drug-likeness (QED) is 0.100. The van der Waals surface area contributed by atoms with E-state index in [1.165, 1.54) is 31.4 Å². The zero-order valence-electron chi connectivity index (χ0n) is 26.9. The molecule has 0 amide bonds. The Kier molecular flexibility index (Phi) is 12.5. The van der Waals surface area contributed by atoms with E-state index < -0.39 is 33.0 Å². The van der Waals surface area contributed by atoms with E-state index in [2.05, 4.69) is 42.5 Å². The number of ether oxygens (including phenoxy) is 1. The molecule has 0 aliphatic rings. The number of aromatic amines is 1. The summed E-state index contributed by atoms with van der Waals surface area (Å²) in [6.45, 7) is 7.53. The molecule has 0 bridgehead atoms. The first-order valence-corrected chi connectivity index (χ1v) is 17.4. The maximum atomic E-state index is 15.5. The van der Waals surface area contributed by atoms with Crippen LogP contribution in [0.2, 0.25) is 0 Å². The summed E-state index contributed by atoms with van der Waals surface area (Å²) < 4.78 is 75.1. The molecule has 0 aliphatic heterocycles. The molecule has 3 N–H and O–H groups in total. The molecule has 0 spiro atoms. The highest BCUT2D eigenvalue weighted by Crippen LogP contribution is 2.39. The number of sulfone groups is 1. The van der Waals surface area contributed by atoms with Crippen molar-refractivity contribution >= 4 is 39.1 Å². The van der Waals surface area contributed by atoms with Crippen molar-refractivity contribution < 1.29 is 26.3 Å². The van der Waals surface area contributed by atoms with Gasteiger partial charge in [-0.3, -0.25) is 5.10 Å². The number of halogens is 3. The lowest BCUT2D eigenvalue weighted by molar-refractivity contribution is 0.399. The molecule has 0 saturated heterocycles. The summed E-state index contributed by atoms with van der Waals surface area (Å²) in [6, 6.07) is 8.45. The van der Waals surface area contributed by atoms with Gasteiger partial charge in [0, 0.05) is 50.0 Å². The molecule has 2 aromatic carbocycles. The first-order chi connectivity index (χ1) is 22.4. The summed E-state index contributed by atoms with van der Waals surface area (Å²) in [5.41, 5.74) is 0.476. The second-order valence-electron chi connectivity index (χ2n) is 11.0. The van der Waals surface area contributed by atoms with Crippen LogP contribution in [0.25, 0.3) is 0 Å². The molecule has 2 heterocycles. The maximum absolute atomic E-state index is 15.5. The average molecular weight is 693 g/mol. The Morgan fingerprint density at radius 2 is 1.77 bits per heavy atom. The van der Waals surface area contributed by atoms with Crippen LogP contribution in [-0.4, -0.2) is 87.4 Å². The Hall–Kier alpha value is -3.86. The third-order valence-electron chi connectivity index (χ3n) is 6.91. The predicted octanol–water partition coefficient (Wildman–Crippen LogP) is 5.17. The molecule has 11 nitrogen and oxygen atoms in total. The highest BCUT2D eigenvalue weighted by Gasteiger charge is 2.24. The maximum Gasteiger partial charge on any atom is 0.204 e. The highest BCUT2D eigenvalue weighted by atomic mass is 32.2. The molecular formula is C31H39F3N8O3S2. The van der Waals surface area contributed by atoms with Gasteiger partial charge in [0.05, 0.1) is 22.7 Å². The Balaban J connectivity index is 1.66. The van der Waals surface area contributed by atoms with Crippen LogP contribution in [0, 0.1) is 24.4 Å². The molecule has 0 fully saturated rings. The third-order valence-corrected chi connectivity index (χ3v) is 9.49. The molecule has 47 heavy (non-hydrogen) atoms. The van der Waals surface area contributed by atoms with Crippen molar-refractivity contribution in [3.63, 3.8) is 0 Å². The summed E-state index contributed by atoms with van der Waals surface area (Å²) in [6.07, 6.45) is 0.818. The number of methoxy groups -OCH3 is 1. The molecule has 4 rings (SSSR count). The van der Waals surface area contributed by atoms with E-state index in [-0.39, 0.29) is 20.5 Å². The normalized spacial score (nSPS) is 11.7. The van der Waals surface area contributed by atoms with Crippen LogP contribution in [0.1, 0.15) is 24.6 Å². The number of H-pyrrole nitrogens is 1. The van der Waals surface area contributed by atoms with Gasteiger partial charge in [0.2, 0.25) is 5.75 Å². The second-order valence-corrected chi connectivity index (χ2v) is 14.0. The van der Waals surface area contributed by atoms with Gasteiger partial charge in [0.1, 0.15) is 5.82 Å². The SMILES string of the molecule is CCCN(CCNCCN(C)C)c1nc(Sc2ccc(S(=O)(=O)Cc3cccc(F)c3F)cc2F)nc(Nc2cc(C)[nH]n2)c1OC. The van der Waals surface area contributed by atoms with Crippen LogP contribution in [0.15, 0.2) is 57.4 Å². The molecule has 16 heteroatoms. The minimum Gasteiger partial charge on any atom is -0.490 e. The monoisotopic (exact) mass is 692 g/mol. The summed E-state index contributed by atoms with van der Waals surface area (Å²) in [5.74, 6) is -2.42. The fourth-order valence-electron chi connectivity index (χ4n) is 4.59. The molecule has 0 atom stereocenters. The van der Waals surface area contributed by atoms with Gasteiger partial charge in [-0.15, -0.1) is 0 Å². The number of anilines is 3. The first-order valence-electron chi connectivity index (χ1n) is 14.9. The van der Waals surface area contributed by atoms with Gasteiger partial charge in [-0.05, 0) is 63.5 Å². The van der Waals surface area contributed by atoms with Crippen LogP contribution >= 0.6 is 11.8 Å². The van der Waals surface area contributed by atoms with Gasteiger partial charge in [0.25, 0.3) is 0 Å². The van der Waals surface area contributed by atoms with Gasteiger partial charge in [-0.25, -0.2) is 31.6 Å². The number of aryl methyl sites for hydroxylation is 1. The fraction of sp³-hybridized carbons (Fsp3) is 0.387. The van der Waals surface area contributed by atoms with Gasteiger partial charge in [0.15, 0.2) is 44.1 Å². The fourth-order valence-corrected chi connectivity index (χ4v) is 6.71.